The number of dihydropyridines is 1. The lowest BCUT2D eigenvalue weighted by atomic mass is 9.80. The second-order valence-electron chi connectivity index (χ2n) is 10.0. The quantitative estimate of drug-likeness (QED) is 0.191. The fourth-order valence-electron chi connectivity index (χ4n) is 4.58. The highest BCUT2D eigenvalue weighted by molar-refractivity contribution is 6.00. The van der Waals surface area contributed by atoms with Gasteiger partial charge in [0.15, 0.2) is 0 Å². The molecule has 3 unspecified atom stereocenters. The zero-order valence-corrected chi connectivity index (χ0v) is 23.8. The van der Waals surface area contributed by atoms with Crippen LogP contribution in [0.25, 0.3) is 0 Å². The molecule has 4 N–H and O–H groups in total. The Hall–Kier alpha value is -4.73. The van der Waals surface area contributed by atoms with Gasteiger partial charge in [-0.25, -0.2) is 9.59 Å². The van der Waals surface area contributed by atoms with Crippen LogP contribution in [0.4, 0.5) is 5.69 Å². The molecule has 3 atom stereocenters. The lowest BCUT2D eigenvalue weighted by molar-refractivity contribution is -0.384. The molecule has 2 aromatic carbocycles. The Labute approximate surface area is 243 Å². The van der Waals surface area contributed by atoms with Crippen LogP contribution in [-0.4, -0.2) is 54.4 Å². The van der Waals surface area contributed by atoms with Crippen molar-refractivity contribution in [3.63, 3.8) is 0 Å². The Morgan fingerprint density at radius 3 is 2.52 bits per heavy atom. The third-order valence-corrected chi connectivity index (χ3v) is 6.92. The highest BCUT2D eigenvalue weighted by Gasteiger charge is 2.39. The van der Waals surface area contributed by atoms with Crippen LogP contribution in [0.5, 0.6) is 5.75 Å². The maximum absolute atomic E-state index is 13.5. The Kier molecular flexibility index (Phi) is 10.8. The van der Waals surface area contributed by atoms with Crippen molar-refractivity contribution in [2.45, 2.75) is 45.3 Å². The molecule has 0 spiro atoms. The fourth-order valence-corrected chi connectivity index (χ4v) is 4.58. The molecular weight excluding hydrogens is 544 g/mol. The number of nitrogens with zero attached hydrogens (tertiary/aromatic N) is 2. The number of nitrogens with two attached hydrogens (primary N) is 1. The second kappa shape index (κ2) is 14.2. The first-order valence-electron chi connectivity index (χ1n) is 13.3. The minimum Gasteiger partial charge on any atom is -0.491 e. The van der Waals surface area contributed by atoms with E-state index in [2.05, 4.69) is 5.32 Å². The molecule has 1 aliphatic heterocycles. The number of nitriles is 1. The predicted octanol–water partition coefficient (Wildman–Crippen LogP) is 3.02. The number of para-hydroxylation sites is 1. The molecule has 12 nitrogen and oxygen atoms in total. The summed E-state index contributed by atoms with van der Waals surface area (Å²) in [5.41, 5.74) is 6.66. The summed E-state index contributed by atoms with van der Waals surface area (Å²) < 4.78 is 16.3. The van der Waals surface area contributed by atoms with Crippen molar-refractivity contribution in [3.8, 4) is 11.8 Å². The van der Waals surface area contributed by atoms with Crippen LogP contribution in [0.2, 0.25) is 0 Å². The molecule has 1 heterocycles. The summed E-state index contributed by atoms with van der Waals surface area (Å²) in [6, 6.07) is 14.0. The van der Waals surface area contributed by atoms with E-state index in [9.17, 15) is 30.1 Å². The van der Waals surface area contributed by atoms with E-state index >= 15 is 0 Å². The summed E-state index contributed by atoms with van der Waals surface area (Å²) in [6.45, 7) is 5.27. The molecule has 0 bridgehead atoms. The average molecular weight is 579 g/mol. The van der Waals surface area contributed by atoms with Crippen molar-refractivity contribution in [1.82, 2.24) is 5.32 Å². The van der Waals surface area contributed by atoms with E-state index < -0.39 is 34.9 Å². The van der Waals surface area contributed by atoms with Crippen molar-refractivity contribution in [3.05, 3.63) is 92.3 Å². The number of carbonyl (C=O) groups is 2. The summed E-state index contributed by atoms with van der Waals surface area (Å²) in [5, 5.41) is 34.3. The number of nitrogens with one attached hydrogen (secondary N) is 1. The lowest BCUT2D eigenvalue weighted by Gasteiger charge is -2.29. The van der Waals surface area contributed by atoms with E-state index in [1.165, 1.54) is 24.3 Å². The summed E-state index contributed by atoms with van der Waals surface area (Å²) >= 11 is 0. The van der Waals surface area contributed by atoms with Gasteiger partial charge in [-0.2, -0.15) is 5.26 Å². The van der Waals surface area contributed by atoms with E-state index in [1.807, 2.05) is 19.9 Å². The van der Waals surface area contributed by atoms with E-state index in [4.69, 9.17) is 19.9 Å². The largest absolute Gasteiger partial charge is 0.491 e. The van der Waals surface area contributed by atoms with Gasteiger partial charge >= 0.3 is 11.9 Å². The predicted molar refractivity (Wildman–Crippen MR) is 152 cm³/mol. The van der Waals surface area contributed by atoms with Gasteiger partial charge in [-0.3, -0.25) is 10.1 Å². The Bertz CT molecular complexity index is 1440. The summed E-state index contributed by atoms with van der Waals surface area (Å²) in [6.07, 6.45) is -0.607. The molecule has 3 rings (SSSR count). The molecule has 0 radical (unpaired) electrons. The van der Waals surface area contributed by atoms with E-state index in [0.717, 1.165) is 12.7 Å². The SMILES string of the molecule is COC(=O)C1=C(C#N)NC(C)=C(C(=O)OCCc2ccccc2OCC(O)C(N)C(C)C)C1c1cccc([N+](=O)[O-])c1. The molecule has 1 aliphatic rings. The minimum atomic E-state index is -1.16. The number of rotatable bonds is 12. The third kappa shape index (κ3) is 7.31. The molecule has 0 amide bonds. The van der Waals surface area contributed by atoms with Gasteiger partial charge < -0.3 is 30.4 Å². The minimum absolute atomic E-state index is 0.00484. The Balaban J connectivity index is 1.85. The van der Waals surface area contributed by atoms with Crippen LogP contribution < -0.4 is 15.8 Å². The molecular formula is C30H34N4O8. The molecule has 0 fully saturated rings. The number of allylic oxidation sites excluding steroid dienone is 2. The van der Waals surface area contributed by atoms with Gasteiger partial charge in [-0.1, -0.05) is 44.2 Å². The summed E-state index contributed by atoms with van der Waals surface area (Å²) in [5.74, 6) is -2.26. The van der Waals surface area contributed by atoms with Crippen LogP contribution in [0.3, 0.4) is 0 Å². The van der Waals surface area contributed by atoms with Gasteiger partial charge in [-0.15, -0.1) is 0 Å². The first kappa shape index (κ1) is 31.8. The van der Waals surface area contributed by atoms with Gasteiger partial charge in [0.05, 0.1) is 35.7 Å². The maximum Gasteiger partial charge on any atom is 0.337 e. The van der Waals surface area contributed by atoms with E-state index in [1.54, 1.807) is 31.2 Å². The molecule has 42 heavy (non-hydrogen) atoms. The van der Waals surface area contributed by atoms with Crippen molar-refractivity contribution in [2.24, 2.45) is 11.7 Å². The first-order chi connectivity index (χ1) is 20.0. The highest BCUT2D eigenvalue weighted by atomic mass is 16.6. The van der Waals surface area contributed by atoms with Gasteiger partial charge in [0.25, 0.3) is 5.69 Å². The number of aliphatic hydroxyl groups excluding tert-OH is 1. The molecule has 222 valence electrons. The first-order valence-corrected chi connectivity index (χ1v) is 13.3. The van der Waals surface area contributed by atoms with Crippen LogP contribution in [-0.2, 0) is 25.5 Å². The van der Waals surface area contributed by atoms with E-state index in [-0.39, 0.29) is 59.3 Å². The summed E-state index contributed by atoms with van der Waals surface area (Å²) in [4.78, 5) is 37.2. The number of esters is 2. The van der Waals surface area contributed by atoms with Crippen molar-refractivity contribution < 1.29 is 33.8 Å². The topological polar surface area (TPSA) is 187 Å². The van der Waals surface area contributed by atoms with Gasteiger partial charge in [-0.05, 0) is 30.0 Å². The van der Waals surface area contributed by atoms with E-state index in [0.29, 0.717) is 5.75 Å². The molecule has 2 aromatic rings. The number of carbonyl (C=O) groups excluding carboxylic acids is 2. The fraction of sp³-hybridized carbons (Fsp3) is 0.367. The molecule has 0 saturated heterocycles. The third-order valence-electron chi connectivity index (χ3n) is 6.92. The number of nitro groups is 1. The standard InChI is InChI=1S/C30H34N4O8/c1-17(2)28(32)23(35)16-42-24-11-6-5-8-19(24)12-13-41-30(37)25-18(3)33-22(15-31)27(29(36)40-4)26(25)20-9-7-10-21(14-20)34(38)39/h5-11,14,17,23,26,28,33,35H,12-13,16,32H2,1-4H3. The number of non-ortho nitro benzene ring substituents is 1. The normalized spacial score (nSPS) is 16.3. The van der Waals surface area contributed by atoms with Crippen LogP contribution in [0.15, 0.2) is 71.1 Å². The number of ether oxygens (including phenoxy) is 3. The summed E-state index contributed by atoms with van der Waals surface area (Å²) in [7, 11) is 1.13. The van der Waals surface area contributed by atoms with Crippen molar-refractivity contribution in [1.29, 1.82) is 5.26 Å². The number of aliphatic hydroxyl groups is 1. The molecule has 12 heteroatoms. The molecule has 0 saturated carbocycles. The monoisotopic (exact) mass is 578 g/mol. The Morgan fingerprint density at radius 1 is 1.17 bits per heavy atom. The average Bonchev–Trinajstić information content (AvgIpc) is 2.98. The number of hydrogen-bond donors (Lipinski definition) is 3. The smallest absolute Gasteiger partial charge is 0.337 e. The zero-order chi connectivity index (χ0) is 31.0. The second-order valence-corrected chi connectivity index (χ2v) is 10.0. The van der Waals surface area contributed by atoms with Crippen molar-refractivity contribution >= 4 is 17.6 Å². The number of methoxy groups -OCH3 is 1. The molecule has 0 aromatic heterocycles. The van der Waals surface area contributed by atoms with Gasteiger partial charge in [0.2, 0.25) is 0 Å². The molecule has 0 aliphatic carbocycles. The lowest BCUT2D eigenvalue weighted by Crippen LogP contribution is -2.42. The van der Waals surface area contributed by atoms with Gasteiger partial charge in [0, 0.05) is 30.3 Å². The number of benzene rings is 2. The Morgan fingerprint density at radius 2 is 1.88 bits per heavy atom. The van der Waals surface area contributed by atoms with Crippen LogP contribution in [0.1, 0.15) is 37.8 Å². The van der Waals surface area contributed by atoms with Crippen LogP contribution in [0, 0.1) is 27.4 Å². The number of hydrogen-bond acceptors (Lipinski definition) is 11. The number of nitro benzene ring substituents is 1. The van der Waals surface area contributed by atoms with Crippen molar-refractivity contribution in [2.75, 3.05) is 20.3 Å². The van der Waals surface area contributed by atoms with Gasteiger partial charge in [0.1, 0.15) is 30.2 Å². The maximum atomic E-state index is 13.5. The van der Waals surface area contributed by atoms with Crippen LogP contribution >= 0.6 is 0 Å². The highest BCUT2D eigenvalue weighted by Crippen LogP contribution is 2.40. The zero-order valence-electron chi connectivity index (χ0n) is 23.8.